The lowest BCUT2D eigenvalue weighted by molar-refractivity contribution is -0.140. The molecule has 2 amide bonds. The van der Waals surface area contributed by atoms with E-state index >= 15 is 0 Å². The second-order valence-electron chi connectivity index (χ2n) is 10.8. The Morgan fingerprint density at radius 2 is 1.41 bits per heavy atom. The highest BCUT2D eigenvalue weighted by molar-refractivity contribution is 7.92. The first kappa shape index (κ1) is 33.1. The molecule has 0 fully saturated rings. The molecule has 4 aromatic carbocycles. The SMILES string of the molecule is Cc1ccc(CN(C(=O)CN(c2ccc(Cl)c(Cl)c2)S(=O)(=O)c2ccccc2)[C@@H](Cc2ccccc2)C(=O)NC(C)C)cc1. The van der Waals surface area contributed by atoms with E-state index in [1.807, 2.05) is 75.4 Å². The molecule has 0 heterocycles. The Balaban J connectivity index is 1.81. The van der Waals surface area contributed by atoms with Crippen LogP contribution in [0.1, 0.15) is 30.5 Å². The van der Waals surface area contributed by atoms with Gasteiger partial charge in [0.2, 0.25) is 11.8 Å². The molecule has 7 nitrogen and oxygen atoms in total. The van der Waals surface area contributed by atoms with E-state index in [-0.39, 0.29) is 45.5 Å². The largest absolute Gasteiger partial charge is 0.352 e. The average molecular weight is 653 g/mol. The molecule has 0 saturated carbocycles. The van der Waals surface area contributed by atoms with Gasteiger partial charge in [-0.3, -0.25) is 13.9 Å². The third-order valence-electron chi connectivity index (χ3n) is 6.98. The van der Waals surface area contributed by atoms with E-state index in [0.29, 0.717) is 0 Å². The number of anilines is 1. The van der Waals surface area contributed by atoms with Gasteiger partial charge in [-0.2, -0.15) is 0 Å². The van der Waals surface area contributed by atoms with Crippen molar-refractivity contribution in [2.45, 2.75) is 50.7 Å². The fourth-order valence-electron chi connectivity index (χ4n) is 4.71. The van der Waals surface area contributed by atoms with Crippen LogP contribution in [0.2, 0.25) is 10.0 Å². The van der Waals surface area contributed by atoms with E-state index in [9.17, 15) is 18.0 Å². The molecule has 0 aliphatic heterocycles. The molecular weight excluding hydrogens is 617 g/mol. The molecule has 0 aliphatic rings. The van der Waals surface area contributed by atoms with Gasteiger partial charge in [-0.05, 0) is 62.2 Å². The zero-order valence-electron chi connectivity index (χ0n) is 24.8. The summed E-state index contributed by atoms with van der Waals surface area (Å²) in [7, 11) is -4.23. The van der Waals surface area contributed by atoms with Crippen LogP contribution in [-0.4, -0.2) is 43.8 Å². The summed E-state index contributed by atoms with van der Waals surface area (Å²) in [6.07, 6.45) is 0.231. The minimum atomic E-state index is -4.23. The van der Waals surface area contributed by atoms with Crippen LogP contribution >= 0.6 is 23.2 Å². The Bertz CT molecular complexity index is 1680. The number of halogens is 2. The lowest BCUT2D eigenvalue weighted by Gasteiger charge is -2.34. The third kappa shape index (κ3) is 8.40. The fraction of sp³-hybridized carbons (Fsp3) is 0.235. The quantitative estimate of drug-likeness (QED) is 0.186. The van der Waals surface area contributed by atoms with E-state index in [1.54, 1.807) is 18.2 Å². The van der Waals surface area contributed by atoms with E-state index in [1.165, 1.54) is 35.2 Å². The maximum Gasteiger partial charge on any atom is 0.264 e. The number of rotatable bonds is 12. The molecule has 0 unspecified atom stereocenters. The predicted molar refractivity (Wildman–Crippen MR) is 176 cm³/mol. The zero-order valence-corrected chi connectivity index (χ0v) is 27.1. The molecule has 4 rings (SSSR count). The van der Waals surface area contributed by atoms with Gasteiger partial charge in [0.1, 0.15) is 12.6 Å². The van der Waals surface area contributed by atoms with Crippen molar-refractivity contribution in [3.05, 3.63) is 130 Å². The summed E-state index contributed by atoms with van der Waals surface area (Å²) in [6, 6.07) is 28.2. The molecule has 4 aromatic rings. The molecular formula is C34H35Cl2N3O4S. The van der Waals surface area contributed by atoms with Crippen LogP contribution in [0, 0.1) is 6.92 Å². The lowest BCUT2D eigenvalue weighted by atomic mass is 10.0. The minimum absolute atomic E-state index is 0.00217. The smallest absolute Gasteiger partial charge is 0.264 e. The lowest BCUT2D eigenvalue weighted by Crippen LogP contribution is -2.54. The van der Waals surface area contributed by atoms with Crippen LogP contribution < -0.4 is 9.62 Å². The van der Waals surface area contributed by atoms with Crippen LogP contribution in [0.3, 0.4) is 0 Å². The van der Waals surface area contributed by atoms with Gasteiger partial charge in [-0.25, -0.2) is 8.42 Å². The number of carbonyl (C=O) groups excluding carboxylic acids is 2. The summed E-state index contributed by atoms with van der Waals surface area (Å²) >= 11 is 12.5. The summed E-state index contributed by atoms with van der Waals surface area (Å²) in [6.45, 7) is 5.17. The molecule has 0 saturated heterocycles. The van der Waals surface area contributed by atoms with Gasteiger partial charge in [-0.15, -0.1) is 0 Å². The average Bonchev–Trinajstić information content (AvgIpc) is 3.00. The Kier molecular flexibility index (Phi) is 11.1. The first-order valence-electron chi connectivity index (χ1n) is 14.2. The van der Waals surface area contributed by atoms with Crippen molar-refractivity contribution < 1.29 is 18.0 Å². The summed E-state index contributed by atoms with van der Waals surface area (Å²) in [5, 5.41) is 3.33. The van der Waals surface area contributed by atoms with E-state index in [2.05, 4.69) is 5.32 Å². The van der Waals surface area contributed by atoms with E-state index in [4.69, 9.17) is 23.2 Å². The number of nitrogens with one attached hydrogen (secondary N) is 1. The van der Waals surface area contributed by atoms with Crippen molar-refractivity contribution in [2.75, 3.05) is 10.8 Å². The standard InChI is InChI=1S/C34H35Cl2N3O4S/c1-24(2)37-34(41)32(20-26-10-6-4-7-11-26)38(22-27-16-14-25(3)15-17-27)33(40)23-39(28-18-19-30(35)31(36)21-28)44(42,43)29-12-8-5-9-13-29/h4-19,21,24,32H,20,22-23H2,1-3H3,(H,37,41)/t32-/m0/s1. The van der Waals surface area contributed by atoms with Gasteiger partial charge in [0.05, 0.1) is 20.6 Å². The van der Waals surface area contributed by atoms with Gasteiger partial charge >= 0.3 is 0 Å². The predicted octanol–water partition coefficient (Wildman–Crippen LogP) is 6.66. The summed E-state index contributed by atoms with van der Waals surface area (Å²) in [4.78, 5) is 29.6. The van der Waals surface area contributed by atoms with Crippen LogP contribution in [0.4, 0.5) is 5.69 Å². The second-order valence-corrected chi connectivity index (χ2v) is 13.5. The number of aryl methyl sites for hydroxylation is 1. The topological polar surface area (TPSA) is 86.8 Å². The molecule has 1 N–H and O–H groups in total. The first-order chi connectivity index (χ1) is 21.0. The molecule has 0 bridgehead atoms. The van der Waals surface area contributed by atoms with Crippen molar-refractivity contribution in [1.29, 1.82) is 0 Å². The molecule has 0 spiro atoms. The highest BCUT2D eigenvalue weighted by Gasteiger charge is 2.35. The van der Waals surface area contributed by atoms with Crippen LogP contribution in [0.15, 0.2) is 108 Å². The zero-order chi connectivity index (χ0) is 31.9. The Hall–Kier alpha value is -3.85. The fourth-order valence-corrected chi connectivity index (χ4v) is 6.43. The van der Waals surface area contributed by atoms with Crippen LogP contribution in [0.25, 0.3) is 0 Å². The second kappa shape index (κ2) is 14.8. The van der Waals surface area contributed by atoms with Crippen molar-refractivity contribution in [3.63, 3.8) is 0 Å². The molecule has 0 aromatic heterocycles. The number of amides is 2. The van der Waals surface area contributed by atoms with Gasteiger partial charge in [0, 0.05) is 19.0 Å². The van der Waals surface area contributed by atoms with E-state index in [0.717, 1.165) is 21.0 Å². The van der Waals surface area contributed by atoms with Crippen molar-refractivity contribution in [3.8, 4) is 0 Å². The van der Waals surface area contributed by atoms with Gasteiger partial charge < -0.3 is 10.2 Å². The molecule has 44 heavy (non-hydrogen) atoms. The third-order valence-corrected chi connectivity index (χ3v) is 9.50. The van der Waals surface area contributed by atoms with Crippen LogP contribution in [0.5, 0.6) is 0 Å². The minimum Gasteiger partial charge on any atom is -0.352 e. The van der Waals surface area contributed by atoms with Crippen LogP contribution in [-0.2, 0) is 32.6 Å². The number of sulfonamides is 1. The van der Waals surface area contributed by atoms with Crippen molar-refractivity contribution >= 4 is 50.7 Å². The number of hydrogen-bond acceptors (Lipinski definition) is 4. The van der Waals surface area contributed by atoms with Crippen molar-refractivity contribution in [1.82, 2.24) is 10.2 Å². The molecule has 0 aliphatic carbocycles. The van der Waals surface area contributed by atoms with E-state index < -0.39 is 28.5 Å². The molecule has 230 valence electrons. The molecule has 1 atom stereocenters. The maximum absolute atomic E-state index is 14.4. The van der Waals surface area contributed by atoms with Gasteiger partial charge in [0.15, 0.2) is 0 Å². The number of hydrogen-bond donors (Lipinski definition) is 1. The Morgan fingerprint density at radius 1 is 0.795 bits per heavy atom. The highest BCUT2D eigenvalue weighted by Crippen LogP contribution is 2.31. The first-order valence-corrected chi connectivity index (χ1v) is 16.4. The number of benzene rings is 4. The Morgan fingerprint density at radius 3 is 2.00 bits per heavy atom. The number of carbonyl (C=O) groups is 2. The summed E-state index contributed by atoms with van der Waals surface area (Å²) in [5.74, 6) is -0.896. The monoisotopic (exact) mass is 651 g/mol. The summed E-state index contributed by atoms with van der Waals surface area (Å²) in [5.41, 5.74) is 2.87. The molecule has 10 heteroatoms. The molecule has 0 radical (unpaired) electrons. The highest BCUT2D eigenvalue weighted by atomic mass is 35.5. The normalized spacial score (nSPS) is 12.0. The Labute approximate surface area is 269 Å². The van der Waals surface area contributed by atoms with Crippen molar-refractivity contribution in [2.24, 2.45) is 0 Å². The van der Waals surface area contributed by atoms with Gasteiger partial charge in [0.25, 0.3) is 10.0 Å². The maximum atomic E-state index is 14.4. The summed E-state index contributed by atoms with van der Waals surface area (Å²) < 4.78 is 29.1. The number of nitrogens with zero attached hydrogens (tertiary/aromatic N) is 2. The van der Waals surface area contributed by atoms with Gasteiger partial charge in [-0.1, -0.05) is 102 Å².